The molecule has 0 aliphatic heterocycles. The molecule has 1 atom stereocenters. The SMILES string of the molecule is COC[C@H](C)Nc1nc(-c2cccc3ccccc23)cs1. The van der Waals surface area contributed by atoms with Gasteiger partial charge in [0.1, 0.15) is 0 Å². The van der Waals surface area contributed by atoms with Gasteiger partial charge in [0.05, 0.1) is 12.3 Å². The van der Waals surface area contributed by atoms with Crippen molar-refractivity contribution in [1.82, 2.24) is 4.98 Å². The maximum atomic E-state index is 5.14. The summed E-state index contributed by atoms with van der Waals surface area (Å²) < 4.78 is 5.14. The van der Waals surface area contributed by atoms with Gasteiger partial charge in [0.2, 0.25) is 0 Å². The van der Waals surface area contributed by atoms with Crippen molar-refractivity contribution in [2.24, 2.45) is 0 Å². The van der Waals surface area contributed by atoms with E-state index < -0.39 is 0 Å². The Hall–Kier alpha value is -1.91. The van der Waals surface area contributed by atoms with E-state index in [-0.39, 0.29) is 6.04 Å². The van der Waals surface area contributed by atoms with Crippen LogP contribution in [0.2, 0.25) is 0 Å². The minimum atomic E-state index is 0.251. The first kappa shape index (κ1) is 14.0. The zero-order chi connectivity index (χ0) is 14.7. The predicted octanol–water partition coefficient (Wildman–Crippen LogP) is 4.41. The fraction of sp³-hybridized carbons (Fsp3) is 0.235. The van der Waals surface area contributed by atoms with Crippen LogP contribution in [0.15, 0.2) is 47.8 Å². The molecule has 108 valence electrons. The molecular weight excluding hydrogens is 280 g/mol. The molecule has 4 heteroatoms. The molecule has 0 saturated carbocycles. The molecule has 2 aromatic carbocycles. The van der Waals surface area contributed by atoms with Gasteiger partial charge in [-0.3, -0.25) is 0 Å². The first-order valence-electron chi connectivity index (χ1n) is 6.97. The third-order valence-electron chi connectivity index (χ3n) is 3.36. The number of fused-ring (bicyclic) bond motifs is 1. The number of ether oxygens (including phenoxy) is 1. The number of hydrogen-bond donors (Lipinski definition) is 1. The highest BCUT2D eigenvalue weighted by Gasteiger charge is 2.09. The molecule has 3 nitrogen and oxygen atoms in total. The fourth-order valence-electron chi connectivity index (χ4n) is 2.41. The van der Waals surface area contributed by atoms with Gasteiger partial charge in [-0.05, 0) is 17.7 Å². The second kappa shape index (κ2) is 6.24. The molecule has 0 aliphatic carbocycles. The number of anilines is 1. The van der Waals surface area contributed by atoms with Gasteiger partial charge in [-0.2, -0.15) is 0 Å². The second-order valence-corrected chi connectivity index (χ2v) is 5.92. The lowest BCUT2D eigenvalue weighted by Gasteiger charge is -2.10. The van der Waals surface area contributed by atoms with Gasteiger partial charge in [-0.25, -0.2) is 4.98 Å². The summed E-state index contributed by atoms with van der Waals surface area (Å²) in [4.78, 5) is 4.70. The van der Waals surface area contributed by atoms with Gasteiger partial charge >= 0.3 is 0 Å². The van der Waals surface area contributed by atoms with Crippen molar-refractivity contribution >= 4 is 27.2 Å². The molecule has 3 aromatic rings. The molecule has 0 aliphatic rings. The van der Waals surface area contributed by atoms with Crippen LogP contribution >= 0.6 is 11.3 Å². The zero-order valence-electron chi connectivity index (χ0n) is 12.2. The predicted molar refractivity (Wildman–Crippen MR) is 90.0 cm³/mol. The Bertz CT molecular complexity index is 733. The van der Waals surface area contributed by atoms with Crippen molar-refractivity contribution in [3.05, 3.63) is 47.8 Å². The van der Waals surface area contributed by atoms with Gasteiger partial charge in [0.25, 0.3) is 0 Å². The summed E-state index contributed by atoms with van der Waals surface area (Å²) in [5.41, 5.74) is 2.20. The summed E-state index contributed by atoms with van der Waals surface area (Å²) in [7, 11) is 1.71. The molecular formula is C17H18N2OS. The lowest BCUT2D eigenvalue weighted by molar-refractivity contribution is 0.190. The highest BCUT2D eigenvalue weighted by Crippen LogP contribution is 2.31. The third kappa shape index (κ3) is 3.06. The van der Waals surface area contributed by atoms with E-state index in [0.29, 0.717) is 6.61 Å². The third-order valence-corrected chi connectivity index (χ3v) is 4.13. The minimum absolute atomic E-state index is 0.251. The van der Waals surface area contributed by atoms with E-state index in [4.69, 9.17) is 9.72 Å². The lowest BCUT2D eigenvalue weighted by atomic mass is 10.0. The van der Waals surface area contributed by atoms with E-state index in [1.165, 1.54) is 16.3 Å². The van der Waals surface area contributed by atoms with Crippen LogP contribution in [0.3, 0.4) is 0 Å². The number of hydrogen-bond acceptors (Lipinski definition) is 4. The first-order valence-corrected chi connectivity index (χ1v) is 7.85. The highest BCUT2D eigenvalue weighted by atomic mass is 32.1. The molecule has 0 amide bonds. The van der Waals surface area contributed by atoms with Crippen molar-refractivity contribution in [3.8, 4) is 11.3 Å². The van der Waals surface area contributed by atoms with Crippen LogP contribution in [0.1, 0.15) is 6.92 Å². The normalized spacial score (nSPS) is 12.5. The standard InChI is InChI=1S/C17H18N2OS/c1-12(10-20-2)18-17-19-16(11-21-17)15-9-5-7-13-6-3-4-8-14(13)15/h3-9,11-12H,10H2,1-2H3,(H,18,19)/t12-/m0/s1. The monoisotopic (exact) mass is 298 g/mol. The van der Waals surface area contributed by atoms with Crippen molar-refractivity contribution in [2.75, 3.05) is 19.0 Å². The Morgan fingerprint density at radius 2 is 2.00 bits per heavy atom. The first-order chi connectivity index (χ1) is 10.3. The van der Waals surface area contributed by atoms with Gasteiger partial charge in [-0.1, -0.05) is 42.5 Å². The summed E-state index contributed by atoms with van der Waals surface area (Å²) in [6.07, 6.45) is 0. The van der Waals surface area contributed by atoms with E-state index >= 15 is 0 Å². The molecule has 0 unspecified atom stereocenters. The maximum Gasteiger partial charge on any atom is 0.183 e. The highest BCUT2D eigenvalue weighted by molar-refractivity contribution is 7.14. The number of aromatic nitrogens is 1. The molecule has 0 saturated heterocycles. The summed E-state index contributed by atoms with van der Waals surface area (Å²) >= 11 is 1.63. The van der Waals surface area contributed by atoms with Gasteiger partial charge in [-0.15, -0.1) is 11.3 Å². The number of rotatable bonds is 5. The molecule has 1 aromatic heterocycles. The minimum Gasteiger partial charge on any atom is -0.383 e. The van der Waals surface area contributed by atoms with Gasteiger partial charge in [0.15, 0.2) is 5.13 Å². The number of benzene rings is 2. The summed E-state index contributed by atoms with van der Waals surface area (Å²) in [6, 6.07) is 15.0. The van der Waals surface area contributed by atoms with Crippen LogP contribution in [0.5, 0.6) is 0 Å². The number of nitrogens with zero attached hydrogens (tertiary/aromatic N) is 1. The molecule has 0 radical (unpaired) electrons. The molecule has 0 bridgehead atoms. The van der Waals surface area contributed by atoms with E-state index in [0.717, 1.165) is 10.8 Å². The Morgan fingerprint density at radius 1 is 1.19 bits per heavy atom. The zero-order valence-corrected chi connectivity index (χ0v) is 13.0. The van der Waals surface area contributed by atoms with Crippen molar-refractivity contribution in [1.29, 1.82) is 0 Å². The van der Waals surface area contributed by atoms with Crippen molar-refractivity contribution < 1.29 is 4.74 Å². The summed E-state index contributed by atoms with van der Waals surface area (Å²) in [5, 5.41) is 8.88. The Balaban J connectivity index is 1.91. The van der Waals surface area contributed by atoms with Crippen LogP contribution < -0.4 is 5.32 Å². The molecule has 3 rings (SSSR count). The van der Waals surface area contributed by atoms with Crippen LogP contribution in [0.4, 0.5) is 5.13 Å². The van der Waals surface area contributed by atoms with Gasteiger partial charge in [0, 0.05) is 24.1 Å². The van der Waals surface area contributed by atoms with Crippen LogP contribution in [-0.2, 0) is 4.74 Å². The summed E-state index contributed by atoms with van der Waals surface area (Å²) in [6.45, 7) is 2.76. The van der Waals surface area contributed by atoms with E-state index in [1.54, 1.807) is 18.4 Å². The average Bonchev–Trinajstić information content (AvgIpc) is 2.95. The number of thiazole rings is 1. The molecule has 1 N–H and O–H groups in total. The Labute approximate surface area is 128 Å². The molecule has 1 heterocycles. The lowest BCUT2D eigenvalue weighted by Crippen LogP contribution is -2.20. The topological polar surface area (TPSA) is 34.1 Å². The summed E-state index contributed by atoms with van der Waals surface area (Å²) in [5.74, 6) is 0. The average molecular weight is 298 g/mol. The number of methoxy groups -OCH3 is 1. The van der Waals surface area contributed by atoms with Crippen LogP contribution in [-0.4, -0.2) is 24.7 Å². The molecule has 0 fully saturated rings. The fourth-order valence-corrected chi connectivity index (χ4v) is 3.24. The van der Waals surface area contributed by atoms with Crippen LogP contribution in [0, 0.1) is 0 Å². The Kier molecular flexibility index (Phi) is 4.18. The molecule has 0 spiro atoms. The van der Waals surface area contributed by atoms with E-state index in [1.807, 2.05) is 0 Å². The van der Waals surface area contributed by atoms with Crippen LogP contribution in [0.25, 0.3) is 22.0 Å². The second-order valence-electron chi connectivity index (χ2n) is 5.07. The largest absolute Gasteiger partial charge is 0.383 e. The Morgan fingerprint density at radius 3 is 2.86 bits per heavy atom. The number of nitrogens with one attached hydrogen (secondary N) is 1. The maximum absolute atomic E-state index is 5.14. The van der Waals surface area contributed by atoms with Gasteiger partial charge < -0.3 is 10.1 Å². The quantitative estimate of drug-likeness (QED) is 0.757. The van der Waals surface area contributed by atoms with E-state index in [2.05, 4.69) is 60.1 Å². The van der Waals surface area contributed by atoms with Crippen molar-refractivity contribution in [2.45, 2.75) is 13.0 Å². The molecule has 21 heavy (non-hydrogen) atoms. The smallest absolute Gasteiger partial charge is 0.183 e. The van der Waals surface area contributed by atoms with E-state index in [9.17, 15) is 0 Å². The van der Waals surface area contributed by atoms with Crippen molar-refractivity contribution in [3.63, 3.8) is 0 Å².